The van der Waals surface area contributed by atoms with Gasteiger partial charge >= 0.3 is 0 Å². The monoisotopic (exact) mass is 198 g/mol. The van der Waals surface area contributed by atoms with E-state index in [1.807, 2.05) is 0 Å². The molecule has 1 aliphatic rings. The van der Waals surface area contributed by atoms with Gasteiger partial charge < -0.3 is 10.6 Å². The van der Waals surface area contributed by atoms with Crippen LogP contribution >= 0.6 is 0 Å². The molecule has 2 N–H and O–H groups in total. The summed E-state index contributed by atoms with van der Waals surface area (Å²) in [6.45, 7) is 4.30. The molecule has 0 radical (unpaired) electrons. The van der Waals surface area contributed by atoms with Crippen molar-refractivity contribution >= 4 is 0 Å². The third-order valence-corrected chi connectivity index (χ3v) is 3.58. The molecular formula is C12H26N2. The van der Waals surface area contributed by atoms with Gasteiger partial charge in [0.15, 0.2) is 0 Å². The zero-order valence-corrected chi connectivity index (χ0v) is 9.84. The van der Waals surface area contributed by atoms with Gasteiger partial charge in [0, 0.05) is 6.04 Å². The zero-order valence-electron chi connectivity index (χ0n) is 9.84. The Morgan fingerprint density at radius 1 is 1.29 bits per heavy atom. The maximum Gasteiger partial charge on any atom is 0.00922 e. The van der Waals surface area contributed by atoms with Crippen LogP contribution in [0.5, 0.6) is 0 Å². The summed E-state index contributed by atoms with van der Waals surface area (Å²) in [6, 6.07) is 0.855. The summed E-state index contributed by atoms with van der Waals surface area (Å²) >= 11 is 0. The highest BCUT2D eigenvalue weighted by molar-refractivity contribution is 4.73. The van der Waals surface area contributed by atoms with Crippen LogP contribution in [0.2, 0.25) is 0 Å². The van der Waals surface area contributed by atoms with E-state index in [4.69, 9.17) is 5.73 Å². The van der Waals surface area contributed by atoms with E-state index in [1.165, 1.54) is 45.1 Å². The molecule has 2 nitrogen and oxygen atoms in total. The van der Waals surface area contributed by atoms with Gasteiger partial charge in [-0.2, -0.15) is 0 Å². The van der Waals surface area contributed by atoms with Gasteiger partial charge in [-0.05, 0) is 45.3 Å². The lowest BCUT2D eigenvalue weighted by atomic mass is 9.94. The van der Waals surface area contributed by atoms with Gasteiger partial charge in [-0.25, -0.2) is 0 Å². The maximum atomic E-state index is 5.62. The first-order valence-electron chi connectivity index (χ1n) is 6.14. The fraction of sp³-hybridized carbons (Fsp3) is 1.00. The molecule has 84 valence electrons. The molecule has 0 heterocycles. The first kappa shape index (κ1) is 12.0. The Morgan fingerprint density at radius 3 is 2.50 bits per heavy atom. The van der Waals surface area contributed by atoms with E-state index in [0.29, 0.717) is 5.92 Å². The maximum absolute atomic E-state index is 5.62. The van der Waals surface area contributed by atoms with Gasteiger partial charge in [0.2, 0.25) is 0 Å². The van der Waals surface area contributed by atoms with Crippen molar-refractivity contribution in [1.29, 1.82) is 0 Å². The molecule has 0 saturated heterocycles. The van der Waals surface area contributed by atoms with Gasteiger partial charge in [0.25, 0.3) is 0 Å². The van der Waals surface area contributed by atoms with E-state index >= 15 is 0 Å². The van der Waals surface area contributed by atoms with E-state index in [2.05, 4.69) is 18.9 Å². The standard InChI is InChI=1S/C12H26N2/c1-11(10-13)8-9-14(2)12-6-4-3-5-7-12/h11-12H,3-10,13H2,1-2H3. The molecule has 0 spiro atoms. The Labute approximate surface area is 88.8 Å². The number of nitrogens with two attached hydrogens (primary N) is 1. The SMILES string of the molecule is CC(CN)CCN(C)C1CCCCC1. The van der Waals surface area contributed by atoms with Crippen molar-refractivity contribution in [2.24, 2.45) is 11.7 Å². The smallest absolute Gasteiger partial charge is 0.00922 e. The molecule has 1 unspecified atom stereocenters. The topological polar surface area (TPSA) is 29.3 Å². The van der Waals surface area contributed by atoms with E-state index in [-0.39, 0.29) is 0 Å². The zero-order chi connectivity index (χ0) is 10.4. The molecule has 0 aromatic carbocycles. The lowest BCUT2D eigenvalue weighted by Gasteiger charge is -2.31. The Bertz CT molecular complexity index is 141. The number of hydrogen-bond acceptors (Lipinski definition) is 2. The molecule has 0 aromatic heterocycles. The summed E-state index contributed by atoms with van der Waals surface area (Å²) in [4.78, 5) is 2.55. The van der Waals surface area contributed by atoms with Crippen LogP contribution in [-0.2, 0) is 0 Å². The normalized spacial score (nSPS) is 21.4. The summed E-state index contributed by atoms with van der Waals surface area (Å²) in [5.74, 6) is 0.682. The average Bonchev–Trinajstić information content (AvgIpc) is 2.26. The molecule has 0 aliphatic heterocycles. The van der Waals surface area contributed by atoms with Crippen molar-refractivity contribution in [2.45, 2.75) is 51.5 Å². The molecule has 1 rings (SSSR count). The van der Waals surface area contributed by atoms with Gasteiger partial charge in [-0.15, -0.1) is 0 Å². The molecular weight excluding hydrogens is 172 g/mol. The fourth-order valence-corrected chi connectivity index (χ4v) is 2.25. The molecule has 0 bridgehead atoms. The Hall–Kier alpha value is -0.0800. The van der Waals surface area contributed by atoms with Crippen molar-refractivity contribution in [3.63, 3.8) is 0 Å². The van der Waals surface area contributed by atoms with Gasteiger partial charge in [-0.1, -0.05) is 26.2 Å². The van der Waals surface area contributed by atoms with Crippen LogP contribution in [0.15, 0.2) is 0 Å². The largest absolute Gasteiger partial charge is 0.330 e. The first-order chi connectivity index (χ1) is 6.74. The molecule has 1 fully saturated rings. The van der Waals surface area contributed by atoms with Gasteiger partial charge in [0.1, 0.15) is 0 Å². The van der Waals surface area contributed by atoms with Crippen molar-refractivity contribution in [3.05, 3.63) is 0 Å². The summed E-state index contributed by atoms with van der Waals surface area (Å²) in [5.41, 5.74) is 5.62. The average molecular weight is 198 g/mol. The fourth-order valence-electron chi connectivity index (χ4n) is 2.25. The highest BCUT2D eigenvalue weighted by atomic mass is 15.1. The van der Waals surface area contributed by atoms with Gasteiger partial charge in [-0.3, -0.25) is 0 Å². The van der Waals surface area contributed by atoms with Crippen LogP contribution in [0.1, 0.15) is 45.4 Å². The van der Waals surface area contributed by atoms with Crippen molar-refractivity contribution in [1.82, 2.24) is 4.90 Å². The highest BCUT2D eigenvalue weighted by Crippen LogP contribution is 2.21. The second kappa shape index (κ2) is 6.41. The van der Waals surface area contributed by atoms with Crippen molar-refractivity contribution in [2.75, 3.05) is 20.1 Å². The quantitative estimate of drug-likeness (QED) is 0.734. The molecule has 1 aliphatic carbocycles. The van der Waals surface area contributed by atoms with E-state index in [9.17, 15) is 0 Å². The third-order valence-electron chi connectivity index (χ3n) is 3.58. The molecule has 0 aromatic rings. The van der Waals surface area contributed by atoms with Crippen LogP contribution in [-0.4, -0.2) is 31.1 Å². The van der Waals surface area contributed by atoms with Crippen LogP contribution in [0, 0.1) is 5.92 Å². The first-order valence-corrected chi connectivity index (χ1v) is 6.14. The number of rotatable bonds is 5. The van der Waals surface area contributed by atoms with Gasteiger partial charge in [0.05, 0.1) is 0 Å². The molecule has 1 atom stereocenters. The number of hydrogen-bond donors (Lipinski definition) is 1. The second-order valence-corrected chi connectivity index (χ2v) is 4.90. The molecule has 14 heavy (non-hydrogen) atoms. The summed E-state index contributed by atoms with van der Waals surface area (Å²) in [5, 5.41) is 0. The minimum atomic E-state index is 0.682. The minimum Gasteiger partial charge on any atom is -0.330 e. The lowest BCUT2D eigenvalue weighted by Crippen LogP contribution is -2.35. The molecule has 1 saturated carbocycles. The third kappa shape index (κ3) is 3.97. The van der Waals surface area contributed by atoms with E-state index in [1.54, 1.807) is 0 Å². The van der Waals surface area contributed by atoms with Crippen molar-refractivity contribution < 1.29 is 0 Å². The van der Waals surface area contributed by atoms with E-state index in [0.717, 1.165) is 12.6 Å². The van der Waals surface area contributed by atoms with E-state index < -0.39 is 0 Å². The second-order valence-electron chi connectivity index (χ2n) is 4.90. The Morgan fingerprint density at radius 2 is 1.93 bits per heavy atom. The van der Waals surface area contributed by atoms with Crippen LogP contribution in [0.4, 0.5) is 0 Å². The Balaban J connectivity index is 2.16. The predicted octanol–water partition coefficient (Wildman–Crippen LogP) is 2.24. The van der Waals surface area contributed by atoms with Crippen LogP contribution in [0.25, 0.3) is 0 Å². The molecule has 2 heteroatoms. The van der Waals surface area contributed by atoms with Crippen LogP contribution < -0.4 is 5.73 Å². The summed E-state index contributed by atoms with van der Waals surface area (Å²) in [7, 11) is 2.28. The van der Waals surface area contributed by atoms with Crippen LogP contribution in [0.3, 0.4) is 0 Å². The molecule has 0 amide bonds. The van der Waals surface area contributed by atoms with Crippen molar-refractivity contribution in [3.8, 4) is 0 Å². The highest BCUT2D eigenvalue weighted by Gasteiger charge is 2.17. The minimum absolute atomic E-state index is 0.682. The Kier molecular flexibility index (Phi) is 5.49. The number of nitrogens with zero attached hydrogens (tertiary/aromatic N) is 1. The summed E-state index contributed by atoms with van der Waals surface area (Å²) < 4.78 is 0. The lowest BCUT2D eigenvalue weighted by molar-refractivity contribution is 0.182. The summed E-state index contributed by atoms with van der Waals surface area (Å²) in [6.07, 6.45) is 8.39. The predicted molar refractivity (Wildman–Crippen MR) is 62.3 cm³/mol.